The molecule has 1 amide bonds. The summed E-state index contributed by atoms with van der Waals surface area (Å²) >= 11 is 0. The average molecular weight is 272 g/mol. The summed E-state index contributed by atoms with van der Waals surface area (Å²) in [7, 11) is 0. The molecule has 0 saturated heterocycles. The van der Waals surface area contributed by atoms with Crippen LogP contribution in [0.2, 0.25) is 0 Å². The second kappa shape index (κ2) is 6.28. The number of anilines is 2. The summed E-state index contributed by atoms with van der Waals surface area (Å²) in [4.78, 5) is 11.5. The van der Waals surface area contributed by atoms with Crippen LogP contribution in [0.3, 0.4) is 0 Å². The van der Waals surface area contributed by atoms with Crippen molar-refractivity contribution in [2.45, 2.75) is 33.2 Å². The number of hydrogen-bond acceptors (Lipinski definition) is 3. The summed E-state index contributed by atoms with van der Waals surface area (Å²) in [5, 5.41) is 6.31. The van der Waals surface area contributed by atoms with Gasteiger partial charge in [-0.05, 0) is 43.7 Å². The van der Waals surface area contributed by atoms with E-state index in [2.05, 4.69) is 10.6 Å². The molecule has 4 nitrogen and oxygen atoms in total. The maximum absolute atomic E-state index is 11.5. The van der Waals surface area contributed by atoms with Gasteiger partial charge in [0.2, 0.25) is 5.91 Å². The molecule has 2 rings (SSSR count). The third-order valence-electron chi connectivity index (χ3n) is 3.27. The Balaban J connectivity index is 2.16. The standard InChI is InChI=1S/C16H20N2O2/c1-4-16(19)18-14-8-5-7-13(11(14)2)17-12(3)15-9-6-10-20-15/h5-10,12,17H,4H2,1-3H3,(H,18,19). The van der Waals surface area contributed by atoms with Gasteiger partial charge in [-0.25, -0.2) is 0 Å². The van der Waals surface area contributed by atoms with Crippen LogP contribution in [0.15, 0.2) is 41.0 Å². The Morgan fingerprint density at radius 2 is 2.00 bits per heavy atom. The molecular formula is C16H20N2O2. The van der Waals surface area contributed by atoms with Crippen molar-refractivity contribution >= 4 is 17.3 Å². The number of carbonyl (C=O) groups is 1. The van der Waals surface area contributed by atoms with E-state index in [1.54, 1.807) is 6.26 Å². The Hall–Kier alpha value is -2.23. The van der Waals surface area contributed by atoms with Crippen molar-refractivity contribution in [2.24, 2.45) is 0 Å². The van der Waals surface area contributed by atoms with Gasteiger partial charge in [0, 0.05) is 17.8 Å². The van der Waals surface area contributed by atoms with Crippen LogP contribution in [0.25, 0.3) is 0 Å². The van der Waals surface area contributed by atoms with Crippen molar-refractivity contribution in [2.75, 3.05) is 10.6 Å². The molecule has 2 N–H and O–H groups in total. The van der Waals surface area contributed by atoms with Crippen LogP contribution in [0.5, 0.6) is 0 Å². The van der Waals surface area contributed by atoms with E-state index in [4.69, 9.17) is 4.42 Å². The van der Waals surface area contributed by atoms with E-state index in [1.807, 2.05) is 51.1 Å². The molecule has 4 heteroatoms. The van der Waals surface area contributed by atoms with Gasteiger partial charge in [-0.2, -0.15) is 0 Å². The molecule has 20 heavy (non-hydrogen) atoms. The number of rotatable bonds is 5. The van der Waals surface area contributed by atoms with E-state index < -0.39 is 0 Å². The van der Waals surface area contributed by atoms with E-state index >= 15 is 0 Å². The largest absolute Gasteiger partial charge is 0.467 e. The zero-order chi connectivity index (χ0) is 14.5. The first-order chi connectivity index (χ1) is 9.61. The van der Waals surface area contributed by atoms with E-state index in [1.165, 1.54) is 0 Å². The van der Waals surface area contributed by atoms with E-state index in [-0.39, 0.29) is 11.9 Å². The monoisotopic (exact) mass is 272 g/mol. The Morgan fingerprint density at radius 1 is 1.25 bits per heavy atom. The molecular weight excluding hydrogens is 252 g/mol. The molecule has 0 spiro atoms. The topological polar surface area (TPSA) is 54.3 Å². The van der Waals surface area contributed by atoms with Crippen molar-refractivity contribution in [3.8, 4) is 0 Å². The smallest absolute Gasteiger partial charge is 0.224 e. The normalized spacial score (nSPS) is 11.9. The molecule has 0 radical (unpaired) electrons. The molecule has 1 heterocycles. The van der Waals surface area contributed by atoms with E-state index in [0.717, 1.165) is 22.7 Å². The molecule has 0 fully saturated rings. The van der Waals surface area contributed by atoms with E-state index in [9.17, 15) is 4.79 Å². The van der Waals surface area contributed by atoms with Gasteiger partial charge in [0.05, 0.1) is 12.3 Å². The van der Waals surface area contributed by atoms with Crippen molar-refractivity contribution < 1.29 is 9.21 Å². The first-order valence-electron chi connectivity index (χ1n) is 6.81. The maximum Gasteiger partial charge on any atom is 0.224 e. The number of nitrogens with one attached hydrogen (secondary N) is 2. The number of benzene rings is 1. The van der Waals surface area contributed by atoms with E-state index in [0.29, 0.717) is 6.42 Å². The lowest BCUT2D eigenvalue weighted by Gasteiger charge is -2.17. The second-order valence-electron chi connectivity index (χ2n) is 4.76. The van der Waals surface area contributed by atoms with Crippen molar-refractivity contribution in [3.63, 3.8) is 0 Å². The third-order valence-corrected chi connectivity index (χ3v) is 3.27. The highest BCUT2D eigenvalue weighted by molar-refractivity contribution is 5.92. The fourth-order valence-electron chi connectivity index (χ4n) is 2.01. The second-order valence-corrected chi connectivity index (χ2v) is 4.76. The van der Waals surface area contributed by atoms with Crippen molar-refractivity contribution in [1.82, 2.24) is 0 Å². The average Bonchev–Trinajstić information content (AvgIpc) is 2.97. The minimum absolute atomic E-state index is 0.0179. The van der Waals surface area contributed by atoms with Crippen molar-refractivity contribution in [3.05, 3.63) is 47.9 Å². The Labute approximate surface area is 119 Å². The predicted octanol–water partition coefficient (Wildman–Crippen LogP) is 4.11. The highest BCUT2D eigenvalue weighted by Gasteiger charge is 2.11. The van der Waals surface area contributed by atoms with Crippen LogP contribution in [0.4, 0.5) is 11.4 Å². The highest BCUT2D eigenvalue weighted by atomic mass is 16.3. The summed E-state index contributed by atoms with van der Waals surface area (Å²) in [6.45, 7) is 5.86. The summed E-state index contributed by atoms with van der Waals surface area (Å²) in [6.07, 6.45) is 2.14. The third kappa shape index (κ3) is 3.20. The van der Waals surface area contributed by atoms with Gasteiger partial charge < -0.3 is 15.1 Å². The number of carbonyl (C=O) groups excluding carboxylic acids is 1. The van der Waals surface area contributed by atoms with Crippen LogP contribution in [-0.2, 0) is 4.79 Å². The first-order valence-corrected chi connectivity index (χ1v) is 6.81. The lowest BCUT2D eigenvalue weighted by Crippen LogP contribution is -2.12. The molecule has 1 unspecified atom stereocenters. The molecule has 2 aromatic rings. The van der Waals surface area contributed by atoms with Crippen molar-refractivity contribution in [1.29, 1.82) is 0 Å². The fraction of sp³-hybridized carbons (Fsp3) is 0.312. The lowest BCUT2D eigenvalue weighted by molar-refractivity contribution is -0.115. The summed E-state index contributed by atoms with van der Waals surface area (Å²) in [5.74, 6) is 0.900. The molecule has 1 aromatic carbocycles. The number of furan rings is 1. The van der Waals surface area contributed by atoms with Gasteiger partial charge in [0.1, 0.15) is 5.76 Å². The molecule has 1 atom stereocenters. The lowest BCUT2D eigenvalue weighted by atomic mass is 10.1. The Bertz CT molecular complexity index is 576. The van der Waals surface area contributed by atoms with Gasteiger partial charge in [-0.15, -0.1) is 0 Å². The van der Waals surface area contributed by atoms with Crippen LogP contribution < -0.4 is 10.6 Å². The van der Waals surface area contributed by atoms with Crippen LogP contribution >= 0.6 is 0 Å². The van der Waals surface area contributed by atoms with Gasteiger partial charge in [0.25, 0.3) is 0 Å². The molecule has 0 aliphatic heterocycles. The molecule has 1 aromatic heterocycles. The highest BCUT2D eigenvalue weighted by Crippen LogP contribution is 2.27. The predicted molar refractivity (Wildman–Crippen MR) is 80.8 cm³/mol. The van der Waals surface area contributed by atoms with Gasteiger partial charge in [-0.3, -0.25) is 4.79 Å². The van der Waals surface area contributed by atoms with Gasteiger partial charge in [-0.1, -0.05) is 13.0 Å². The van der Waals surface area contributed by atoms with Gasteiger partial charge >= 0.3 is 0 Å². The quantitative estimate of drug-likeness (QED) is 0.861. The summed E-state index contributed by atoms with van der Waals surface area (Å²) in [6, 6.07) is 9.71. The SMILES string of the molecule is CCC(=O)Nc1cccc(NC(C)c2ccco2)c1C. The van der Waals surface area contributed by atoms with Crippen LogP contribution in [0.1, 0.15) is 37.6 Å². The van der Waals surface area contributed by atoms with Crippen LogP contribution in [0, 0.1) is 6.92 Å². The Kier molecular flexibility index (Phi) is 4.45. The van der Waals surface area contributed by atoms with Crippen LogP contribution in [-0.4, -0.2) is 5.91 Å². The number of amides is 1. The first kappa shape index (κ1) is 14.2. The molecule has 0 saturated carbocycles. The minimum Gasteiger partial charge on any atom is -0.467 e. The zero-order valence-electron chi connectivity index (χ0n) is 12.1. The maximum atomic E-state index is 11.5. The molecule has 0 aliphatic rings. The summed E-state index contributed by atoms with van der Waals surface area (Å²) < 4.78 is 5.39. The number of hydrogen-bond donors (Lipinski definition) is 2. The minimum atomic E-state index is 0.0179. The molecule has 0 aliphatic carbocycles. The molecule has 0 bridgehead atoms. The fourth-order valence-corrected chi connectivity index (χ4v) is 2.01. The Morgan fingerprint density at radius 3 is 2.65 bits per heavy atom. The zero-order valence-corrected chi connectivity index (χ0v) is 12.1. The van der Waals surface area contributed by atoms with Gasteiger partial charge in [0.15, 0.2) is 0 Å². The molecule has 106 valence electrons. The summed E-state index contributed by atoms with van der Waals surface area (Å²) in [5.41, 5.74) is 2.85.